The van der Waals surface area contributed by atoms with Crippen LogP contribution in [0.1, 0.15) is 12.8 Å². The highest BCUT2D eigenvalue weighted by Gasteiger charge is 1.99. The summed E-state index contributed by atoms with van der Waals surface area (Å²) in [6.07, 6.45) is 9.25. The molecule has 0 aliphatic carbocycles. The maximum absolute atomic E-state index is 8.51. The molecule has 0 spiro atoms. The fourth-order valence-electron chi connectivity index (χ4n) is 0.829. The summed E-state index contributed by atoms with van der Waals surface area (Å²) in [7, 11) is 0. The number of aliphatic imine (C=N–C) groups is 1. The van der Waals surface area contributed by atoms with E-state index in [1.54, 1.807) is 6.21 Å². The van der Waals surface area contributed by atoms with E-state index in [1.807, 2.05) is 18.4 Å². The van der Waals surface area contributed by atoms with Crippen LogP contribution in [0.4, 0.5) is 0 Å². The molecule has 0 unspecified atom stereocenters. The standard InChI is InChI=1S/C8H11NO/c10-6-2-4-8-3-1-5-9-7-8/h1,3,5,7,10H,2,4,6H2/q+1. The summed E-state index contributed by atoms with van der Waals surface area (Å²) in [5.74, 6) is 0. The molecule has 0 fully saturated rings. The number of aliphatic hydroxyl groups is 1. The van der Waals surface area contributed by atoms with Crippen molar-refractivity contribution in [1.29, 1.82) is 0 Å². The van der Waals surface area contributed by atoms with E-state index in [0.29, 0.717) is 0 Å². The van der Waals surface area contributed by atoms with E-state index in [-0.39, 0.29) is 6.61 Å². The van der Waals surface area contributed by atoms with Gasteiger partial charge in [-0.25, -0.2) is 0 Å². The van der Waals surface area contributed by atoms with Crippen LogP contribution in [-0.2, 0) is 0 Å². The number of rotatable bonds is 3. The molecule has 1 N–H and O–H groups in total. The Morgan fingerprint density at radius 1 is 1.50 bits per heavy atom. The van der Waals surface area contributed by atoms with Crippen LogP contribution >= 0.6 is 0 Å². The van der Waals surface area contributed by atoms with Crippen molar-refractivity contribution in [3.63, 3.8) is 0 Å². The molecule has 2 nitrogen and oxygen atoms in total. The van der Waals surface area contributed by atoms with E-state index in [1.165, 1.54) is 5.57 Å². The number of hydrogen-bond donors (Lipinski definition) is 1. The Bertz CT molecular complexity index is 180. The predicted octanol–water partition coefficient (Wildman–Crippen LogP) is 0.619. The quantitative estimate of drug-likeness (QED) is 0.608. The number of allylic oxidation sites excluding steroid dienone is 3. The summed E-state index contributed by atoms with van der Waals surface area (Å²) in [5, 5.41) is 8.51. The average molecular weight is 137 g/mol. The summed E-state index contributed by atoms with van der Waals surface area (Å²) in [6, 6.07) is 0. The van der Waals surface area contributed by atoms with Gasteiger partial charge in [0, 0.05) is 18.3 Å². The van der Waals surface area contributed by atoms with E-state index in [9.17, 15) is 0 Å². The van der Waals surface area contributed by atoms with E-state index < -0.39 is 0 Å². The zero-order valence-electron chi connectivity index (χ0n) is 5.83. The molecule has 0 aromatic heterocycles. The van der Waals surface area contributed by atoms with Crippen molar-refractivity contribution in [2.75, 3.05) is 6.61 Å². The average Bonchev–Trinajstić information content (AvgIpc) is 2.03. The van der Waals surface area contributed by atoms with E-state index in [2.05, 4.69) is 4.99 Å². The van der Waals surface area contributed by atoms with Crippen LogP contribution in [0.5, 0.6) is 0 Å². The van der Waals surface area contributed by atoms with Crippen LogP contribution < -0.4 is 4.99 Å². The number of hydrogen-bond acceptors (Lipinski definition) is 2. The molecular formula is C8H11NO+. The monoisotopic (exact) mass is 137 g/mol. The first kappa shape index (κ1) is 7.22. The zero-order chi connectivity index (χ0) is 7.23. The maximum Gasteiger partial charge on any atom is 0.245 e. The molecule has 53 valence electrons. The van der Waals surface area contributed by atoms with Crippen molar-refractivity contribution < 1.29 is 5.11 Å². The molecule has 2 heteroatoms. The number of nitrogens with zero attached hydrogens (tertiary/aromatic N) is 1. The lowest BCUT2D eigenvalue weighted by Crippen LogP contribution is -1.92. The van der Waals surface area contributed by atoms with E-state index in [4.69, 9.17) is 5.11 Å². The largest absolute Gasteiger partial charge is 0.396 e. The van der Waals surface area contributed by atoms with Gasteiger partial charge in [0.1, 0.15) is 0 Å². The molecule has 1 aliphatic rings. The fraction of sp³-hybridized carbons (Fsp3) is 0.375. The molecule has 1 aliphatic heterocycles. The van der Waals surface area contributed by atoms with Gasteiger partial charge in [-0.15, -0.1) is 0 Å². The van der Waals surface area contributed by atoms with Crippen molar-refractivity contribution >= 4 is 6.21 Å². The highest BCUT2D eigenvalue weighted by molar-refractivity contribution is 5.72. The Hall–Kier alpha value is -0.890. The van der Waals surface area contributed by atoms with Crippen molar-refractivity contribution in [2.45, 2.75) is 12.8 Å². The summed E-state index contributed by atoms with van der Waals surface area (Å²) in [5.41, 5.74) is 1.19. The Labute approximate surface area is 60.6 Å². The molecule has 0 amide bonds. The molecule has 1 heterocycles. The minimum absolute atomic E-state index is 0.259. The highest BCUT2D eigenvalue weighted by Crippen LogP contribution is 2.05. The van der Waals surface area contributed by atoms with Gasteiger partial charge < -0.3 is 5.11 Å². The molecule has 1 rings (SSSR count). The van der Waals surface area contributed by atoms with Crippen LogP contribution in [0.3, 0.4) is 0 Å². The molecule has 10 heavy (non-hydrogen) atoms. The first-order valence-corrected chi connectivity index (χ1v) is 3.43. The fourth-order valence-corrected chi connectivity index (χ4v) is 0.829. The van der Waals surface area contributed by atoms with Crippen LogP contribution in [0.25, 0.3) is 0 Å². The van der Waals surface area contributed by atoms with E-state index >= 15 is 0 Å². The van der Waals surface area contributed by atoms with Gasteiger partial charge in [-0.2, -0.15) is 0 Å². The molecule has 0 saturated carbocycles. The van der Waals surface area contributed by atoms with Crippen molar-refractivity contribution in [3.8, 4) is 0 Å². The van der Waals surface area contributed by atoms with Gasteiger partial charge in [-0.1, -0.05) is 0 Å². The normalized spacial score (nSPS) is 15.5. The van der Waals surface area contributed by atoms with Gasteiger partial charge in [0.2, 0.25) is 12.4 Å². The molecule has 0 bridgehead atoms. The predicted molar refractivity (Wildman–Crippen MR) is 41.7 cm³/mol. The molecule has 0 aromatic carbocycles. The maximum atomic E-state index is 8.51. The first-order chi connectivity index (χ1) is 4.93. The van der Waals surface area contributed by atoms with Crippen molar-refractivity contribution in [1.82, 2.24) is 4.99 Å². The summed E-state index contributed by atoms with van der Waals surface area (Å²) in [6.45, 7) is 0.259. The second kappa shape index (κ2) is 4.01. The Morgan fingerprint density at radius 3 is 3.00 bits per heavy atom. The van der Waals surface area contributed by atoms with Gasteiger partial charge in [0.05, 0.1) is 4.99 Å². The second-order valence-corrected chi connectivity index (χ2v) is 2.19. The summed E-state index contributed by atoms with van der Waals surface area (Å²) < 4.78 is 0. The molecular weight excluding hydrogens is 126 g/mol. The zero-order valence-corrected chi connectivity index (χ0v) is 5.83. The topological polar surface area (TPSA) is 34.3 Å². The van der Waals surface area contributed by atoms with Crippen LogP contribution in [0, 0.1) is 0 Å². The van der Waals surface area contributed by atoms with Gasteiger partial charge in [0.25, 0.3) is 0 Å². The SMILES string of the molecule is OCCCC1=C[N+]=CC=C1. The third-order valence-electron chi connectivity index (χ3n) is 1.35. The lowest BCUT2D eigenvalue weighted by molar-refractivity contribution is 0.289. The van der Waals surface area contributed by atoms with Crippen molar-refractivity contribution in [3.05, 3.63) is 23.9 Å². The van der Waals surface area contributed by atoms with Gasteiger partial charge in [-0.05, 0) is 18.9 Å². The summed E-state index contributed by atoms with van der Waals surface area (Å²) >= 11 is 0. The van der Waals surface area contributed by atoms with Crippen molar-refractivity contribution in [2.24, 2.45) is 0 Å². The minimum Gasteiger partial charge on any atom is -0.396 e. The second-order valence-electron chi connectivity index (χ2n) is 2.19. The van der Waals surface area contributed by atoms with E-state index in [0.717, 1.165) is 12.8 Å². The Kier molecular flexibility index (Phi) is 2.90. The van der Waals surface area contributed by atoms with Gasteiger partial charge in [-0.3, -0.25) is 0 Å². The van der Waals surface area contributed by atoms with Gasteiger partial charge >= 0.3 is 0 Å². The Morgan fingerprint density at radius 2 is 2.40 bits per heavy atom. The molecule has 0 atom stereocenters. The lowest BCUT2D eigenvalue weighted by atomic mass is 10.1. The third kappa shape index (κ3) is 2.15. The Balaban J connectivity index is 2.35. The number of aliphatic hydroxyl groups excluding tert-OH is 1. The minimum atomic E-state index is 0.259. The molecule has 1 radical (unpaired) electrons. The first-order valence-electron chi connectivity index (χ1n) is 3.43. The smallest absolute Gasteiger partial charge is 0.245 e. The van der Waals surface area contributed by atoms with Crippen LogP contribution in [0.2, 0.25) is 0 Å². The van der Waals surface area contributed by atoms with Crippen LogP contribution in [-0.4, -0.2) is 17.9 Å². The molecule has 0 saturated heterocycles. The third-order valence-corrected chi connectivity index (χ3v) is 1.35. The highest BCUT2D eigenvalue weighted by atomic mass is 16.2. The summed E-state index contributed by atoms with van der Waals surface area (Å²) in [4.78, 5) is 3.96. The lowest BCUT2D eigenvalue weighted by Gasteiger charge is -1.94. The van der Waals surface area contributed by atoms with Gasteiger partial charge in [0.15, 0.2) is 0 Å². The van der Waals surface area contributed by atoms with Crippen LogP contribution in [0.15, 0.2) is 23.9 Å². The molecule has 0 aromatic rings.